The fourth-order valence-corrected chi connectivity index (χ4v) is 5.04. The molecule has 0 spiro atoms. The van der Waals surface area contributed by atoms with E-state index < -0.39 is 29.0 Å². The van der Waals surface area contributed by atoms with Crippen LogP contribution in [0.1, 0.15) is 51.5 Å². The highest BCUT2D eigenvalue weighted by molar-refractivity contribution is 6.02. The van der Waals surface area contributed by atoms with Gasteiger partial charge in [0.05, 0.1) is 22.5 Å². The topological polar surface area (TPSA) is 90.9 Å². The second kappa shape index (κ2) is 10.8. The molecule has 9 heteroatoms. The quantitative estimate of drug-likeness (QED) is 0.428. The number of urea groups is 1. The molecule has 0 atom stereocenters. The van der Waals surface area contributed by atoms with Crippen LogP contribution in [0.3, 0.4) is 0 Å². The molecule has 1 heterocycles. The van der Waals surface area contributed by atoms with Gasteiger partial charge in [-0.2, -0.15) is 0 Å². The van der Waals surface area contributed by atoms with Gasteiger partial charge >= 0.3 is 12.0 Å². The highest BCUT2D eigenvalue weighted by Crippen LogP contribution is 2.46. The van der Waals surface area contributed by atoms with E-state index in [4.69, 9.17) is 4.74 Å². The molecule has 1 saturated carbocycles. The highest BCUT2D eigenvalue weighted by atomic mass is 19.1. The van der Waals surface area contributed by atoms with Crippen LogP contribution in [-0.4, -0.2) is 42.9 Å². The van der Waals surface area contributed by atoms with Crippen LogP contribution in [0.2, 0.25) is 0 Å². The lowest BCUT2D eigenvalue weighted by Gasteiger charge is -2.40. The fourth-order valence-electron chi connectivity index (χ4n) is 5.04. The van der Waals surface area contributed by atoms with Gasteiger partial charge in [-0.25, -0.2) is 13.6 Å². The molecular weight excluding hydrogens is 468 g/mol. The molecule has 2 amide bonds. The molecular formula is C27H33F2N3O4. The van der Waals surface area contributed by atoms with Crippen molar-refractivity contribution in [2.24, 2.45) is 5.92 Å². The monoisotopic (exact) mass is 501 g/mol. The van der Waals surface area contributed by atoms with E-state index in [1.807, 2.05) is 12.1 Å². The Morgan fingerprint density at radius 1 is 1.08 bits per heavy atom. The first-order valence-electron chi connectivity index (χ1n) is 12.4. The lowest BCUT2D eigenvalue weighted by Crippen LogP contribution is -2.43. The standard InChI is InChI=1S/C27H33F2N3O4/c1-17(2)16-32(20-8-12-36-13-9-20)24-7-4-18(27(25(33)34)10-3-11-27)14-23(24)31-26(35)30-22-6-5-19(28)15-21(22)29/h4-7,14-15,17,20H,3,8-13,16H2,1-2H3,(H,33,34)(H2,30,31,35). The zero-order chi connectivity index (χ0) is 25.9. The molecule has 2 aromatic rings. The van der Waals surface area contributed by atoms with Gasteiger partial charge in [-0.1, -0.05) is 26.3 Å². The van der Waals surface area contributed by atoms with Crippen molar-refractivity contribution in [3.8, 4) is 0 Å². The molecule has 2 aromatic carbocycles. The first-order valence-corrected chi connectivity index (χ1v) is 12.4. The Hall–Kier alpha value is -3.20. The van der Waals surface area contributed by atoms with E-state index in [9.17, 15) is 23.5 Å². The lowest BCUT2D eigenvalue weighted by molar-refractivity contribution is -0.147. The number of rotatable bonds is 8. The maximum Gasteiger partial charge on any atom is 0.323 e. The van der Waals surface area contributed by atoms with Crippen LogP contribution >= 0.6 is 0 Å². The number of hydrogen-bond acceptors (Lipinski definition) is 4. The maximum absolute atomic E-state index is 14.1. The smallest absolute Gasteiger partial charge is 0.323 e. The number of nitrogens with one attached hydrogen (secondary N) is 2. The van der Waals surface area contributed by atoms with Crippen LogP contribution in [0, 0.1) is 17.6 Å². The lowest BCUT2D eigenvalue weighted by atomic mass is 9.64. The van der Waals surface area contributed by atoms with Gasteiger partial charge in [0.1, 0.15) is 11.6 Å². The molecule has 1 aliphatic heterocycles. The number of benzene rings is 2. The second-order valence-electron chi connectivity index (χ2n) is 10.1. The van der Waals surface area contributed by atoms with E-state index in [0.717, 1.165) is 43.6 Å². The van der Waals surface area contributed by atoms with Crippen LogP contribution in [0.4, 0.5) is 30.6 Å². The minimum atomic E-state index is -0.976. The number of aliphatic carboxylic acids is 1. The molecule has 36 heavy (non-hydrogen) atoms. The molecule has 0 radical (unpaired) electrons. The Bertz CT molecular complexity index is 1110. The first-order chi connectivity index (χ1) is 17.2. The fraction of sp³-hybridized carbons (Fsp3) is 0.481. The summed E-state index contributed by atoms with van der Waals surface area (Å²) < 4.78 is 33.0. The van der Waals surface area contributed by atoms with Crippen LogP contribution in [0.5, 0.6) is 0 Å². The number of carbonyl (C=O) groups excluding carboxylic acids is 1. The number of hydrogen-bond donors (Lipinski definition) is 3. The Balaban J connectivity index is 1.70. The van der Waals surface area contributed by atoms with E-state index in [2.05, 4.69) is 29.4 Å². The number of ether oxygens (including phenoxy) is 1. The third kappa shape index (κ3) is 5.46. The van der Waals surface area contributed by atoms with Crippen LogP contribution < -0.4 is 15.5 Å². The molecule has 7 nitrogen and oxygen atoms in total. The van der Waals surface area contributed by atoms with Gasteiger partial charge in [0.2, 0.25) is 0 Å². The number of anilines is 3. The summed E-state index contributed by atoms with van der Waals surface area (Å²) in [6.07, 6.45) is 3.55. The minimum Gasteiger partial charge on any atom is -0.481 e. The molecule has 2 aliphatic rings. The Morgan fingerprint density at radius 2 is 1.78 bits per heavy atom. The van der Waals surface area contributed by atoms with Gasteiger partial charge < -0.3 is 25.4 Å². The molecule has 2 fully saturated rings. The number of amides is 2. The van der Waals surface area contributed by atoms with Crippen LogP contribution in [0.25, 0.3) is 0 Å². The van der Waals surface area contributed by atoms with E-state index in [1.54, 1.807) is 6.07 Å². The summed E-state index contributed by atoms with van der Waals surface area (Å²) in [6.45, 7) is 6.26. The number of halogens is 2. The predicted molar refractivity (Wildman–Crippen MR) is 135 cm³/mol. The number of carbonyl (C=O) groups is 2. The summed E-state index contributed by atoms with van der Waals surface area (Å²) in [5.74, 6) is -2.18. The van der Waals surface area contributed by atoms with Crippen LogP contribution in [-0.2, 0) is 14.9 Å². The van der Waals surface area contributed by atoms with Gasteiger partial charge in [0, 0.05) is 31.9 Å². The average molecular weight is 502 g/mol. The first kappa shape index (κ1) is 25.9. The van der Waals surface area contributed by atoms with Crippen molar-refractivity contribution in [1.82, 2.24) is 0 Å². The van der Waals surface area contributed by atoms with E-state index >= 15 is 0 Å². The van der Waals surface area contributed by atoms with Crippen molar-refractivity contribution in [3.63, 3.8) is 0 Å². The molecule has 1 saturated heterocycles. The highest BCUT2D eigenvalue weighted by Gasteiger charge is 2.46. The van der Waals surface area contributed by atoms with Crippen molar-refractivity contribution < 1.29 is 28.2 Å². The summed E-state index contributed by atoms with van der Waals surface area (Å²) in [7, 11) is 0. The molecule has 4 rings (SSSR count). The van der Waals surface area contributed by atoms with Crippen molar-refractivity contribution >= 4 is 29.1 Å². The molecule has 0 unspecified atom stereocenters. The summed E-state index contributed by atoms with van der Waals surface area (Å²) in [6, 6.07) is 7.87. The average Bonchev–Trinajstić information content (AvgIpc) is 2.79. The molecule has 0 aromatic heterocycles. The van der Waals surface area contributed by atoms with Crippen LogP contribution in [0.15, 0.2) is 36.4 Å². The van der Waals surface area contributed by atoms with E-state index in [0.29, 0.717) is 49.3 Å². The van der Waals surface area contributed by atoms with E-state index in [-0.39, 0.29) is 11.7 Å². The summed E-state index contributed by atoms with van der Waals surface area (Å²) in [5.41, 5.74) is 0.720. The number of nitrogens with zero attached hydrogens (tertiary/aromatic N) is 1. The third-order valence-corrected chi connectivity index (χ3v) is 7.10. The van der Waals surface area contributed by atoms with Crippen molar-refractivity contribution in [2.75, 3.05) is 35.3 Å². The Labute approximate surface area is 209 Å². The molecule has 194 valence electrons. The molecule has 3 N–H and O–H groups in total. The number of carboxylic acid groups (broad SMARTS) is 1. The van der Waals surface area contributed by atoms with Gasteiger partial charge in [-0.3, -0.25) is 4.79 Å². The predicted octanol–water partition coefficient (Wildman–Crippen LogP) is 5.76. The Morgan fingerprint density at radius 3 is 2.36 bits per heavy atom. The van der Waals surface area contributed by atoms with E-state index in [1.165, 1.54) is 0 Å². The van der Waals surface area contributed by atoms with Gasteiger partial charge in [0.25, 0.3) is 0 Å². The third-order valence-electron chi connectivity index (χ3n) is 7.10. The van der Waals surface area contributed by atoms with Gasteiger partial charge in [0.15, 0.2) is 0 Å². The largest absolute Gasteiger partial charge is 0.481 e. The summed E-state index contributed by atoms with van der Waals surface area (Å²) in [5, 5.41) is 15.2. The zero-order valence-electron chi connectivity index (χ0n) is 20.7. The van der Waals surface area contributed by atoms with Crippen molar-refractivity contribution in [3.05, 3.63) is 53.6 Å². The zero-order valence-corrected chi connectivity index (χ0v) is 20.7. The minimum absolute atomic E-state index is 0.156. The molecule has 0 bridgehead atoms. The normalized spacial score (nSPS) is 17.4. The maximum atomic E-state index is 14.1. The van der Waals surface area contributed by atoms with Gasteiger partial charge in [-0.15, -0.1) is 0 Å². The number of carboxylic acids is 1. The second-order valence-corrected chi connectivity index (χ2v) is 10.1. The Kier molecular flexibility index (Phi) is 7.78. The van der Waals surface area contributed by atoms with Crippen molar-refractivity contribution in [2.45, 2.75) is 57.4 Å². The summed E-state index contributed by atoms with van der Waals surface area (Å²) >= 11 is 0. The SMILES string of the molecule is CC(C)CN(c1ccc(C2(C(=O)O)CCC2)cc1NC(=O)Nc1ccc(F)cc1F)C1CCOCC1. The van der Waals surface area contributed by atoms with Crippen molar-refractivity contribution in [1.29, 1.82) is 0 Å². The molecule has 1 aliphatic carbocycles. The summed E-state index contributed by atoms with van der Waals surface area (Å²) in [4.78, 5) is 27.3. The van der Waals surface area contributed by atoms with Gasteiger partial charge in [-0.05, 0) is 61.4 Å².